The predicted octanol–water partition coefficient (Wildman–Crippen LogP) is 2.24. The molecule has 0 aliphatic carbocycles. The molecule has 0 saturated heterocycles. The number of hydrogen-bond acceptors (Lipinski definition) is 4. The van der Waals surface area contributed by atoms with Crippen molar-refractivity contribution in [2.75, 3.05) is 6.26 Å². The van der Waals surface area contributed by atoms with Gasteiger partial charge in [-0.25, -0.2) is 0 Å². The van der Waals surface area contributed by atoms with Gasteiger partial charge in [0.25, 0.3) is 10.1 Å². The first-order chi connectivity index (χ1) is 7.29. The third-order valence-electron chi connectivity index (χ3n) is 2.21. The monoisotopic (exact) mass is 243 g/mol. The minimum absolute atomic E-state index is 0.382. The van der Waals surface area contributed by atoms with Crippen molar-refractivity contribution in [1.82, 2.24) is 4.98 Å². The van der Waals surface area contributed by atoms with Gasteiger partial charge in [-0.3, -0.25) is 9.17 Å². The first-order valence-corrected chi connectivity index (χ1v) is 6.95. The Labute approximate surface area is 96.8 Å². The molecule has 5 heteroatoms. The molecule has 0 saturated carbocycles. The number of hydrogen-bond donors (Lipinski definition) is 0. The average molecular weight is 243 g/mol. The van der Waals surface area contributed by atoms with Gasteiger partial charge in [-0.2, -0.15) is 8.42 Å². The van der Waals surface area contributed by atoms with Crippen LogP contribution in [0.25, 0.3) is 0 Å². The van der Waals surface area contributed by atoms with E-state index in [0.717, 1.165) is 11.8 Å². The Balaban J connectivity index is 2.92. The Morgan fingerprint density at radius 2 is 1.94 bits per heavy atom. The van der Waals surface area contributed by atoms with Crippen LogP contribution in [-0.4, -0.2) is 19.7 Å². The maximum Gasteiger partial charge on any atom is 0.265 e. The highest BCUT2D eigenvalue weighted by atomic mass is 32.2. The van der Waals surface area contributed by atoms with E-state index in [2.05, 4.69) is 18.8 Å². The van der Waals surface area contributed by atoms with E-state index in [1.807, 2.05) is 12.1 Å². The van der Waals surface area contributed by atoms with Crippen LogP contribution in [0, 0.1) is 0 Å². The minimum Gasteiger partial charge on any atom is -0.261 e. The van der Waals surface area contributed by atoms with E-state index < -0.39 is 16.2 Å². The first kappa shape index (κ1) is 13.1. The zero-order valence-electron chi connectivity index (χ0n) is 9.97. The summed E-state index contributed by atoms with van der Waals surface area (Å²) in [6, 6.07) is 3.79. The third-order valence-corrected chi connectivity index (χ3v) is 2.85. The van der Waals surface area contributed by atoms with Crippen LogP contribution >= 0.6 is 0 Å². The zero-order chi connectivity index (χ0) is 12.3. The molecular formula is C11H17NO3S. The van der Waals surface area contributed by atoms with Crippen LogP contribution in [0.3, 0.4) is 0 Å². The van der Waals surface area contributed by atoms with Gasteiger partial charge in [0.1, 0.15) is 6.10 Å². The van der Waals surface area contributed by atoms with Gasteiger partial charge in [-0.05, 0) is 30.5 Å². The second-order valence-corrected chi connectivity index (χ2v) is 5.71. The number of rotatable bonds is 4. The molecule has 1 rings (SSSR count). The molecule has 1 aromatic rings. The van der Waals surface area contributed by atoms with Gasteiger partial charge in [-0.15, -0.1) is 0 Å². The van der Waals surface area contributed by atoms with E-state index in [4.69, 9.17) is 4.18 Å². The number of pyridine rings is 1. The fourth-order valence-corrected chi connectivity index (χ4v) is 1.98. The van der Waals surface area contributed by atoms with Crippen molar-refractivity contribution < 1.29 is 12.6 Å². The van der Waals surface area contributed by atoms with Gasteiger partial charge < -0.3 is 0 Å². The summed E-state index contributed by atoms with van der Waals surface area (Å²) in [5.41, 5.74) is 1.76. The molecule has 0 amide bonds. The molecule has 0 spiro atoms. The molecule has 0 bridgehead atoms. The molecule has 90 valence electrons. The molecule has 16 heavy (non-hydrogen) atoms. The van der Waals surface area contributed by atoms with Crippen molar-refractivity contribution in [2.45, 2.75) is 32.8 Å². The smallest absolute Gasteiger partial charge is 0.261 e. The van der Waals surface area contributed by atoms with Crippen molar-refractivity contribution in [3.05, 3.63) is 29.6 Å². The number of nitrogens with zero attached hydrogens (tertiary/aromatic N) is 1. The van der Waals surface area contributed by atoms with Crippen LogP contribution in [-0.2, 0) is 14.3 Å². The molecule has 0 aliphatic heterocycles. The zero-order valence-corrected chi connectivity index (χ0v) is 10.8. The lowest BCUT2D eigenvalue weighted by Crippen LogP contribution is -2.09. The molecule has 1 heterocycles. The van der Waals surface area contributed by atoms with Crippen LogP contribution < -0.4 is 0 Å². The van der Waals surface area contributed by atoms with E-state index in [-0.39, 0.29) is 0 Å². The Morgan fingerprint density at radius 1 is 1.31 bits per heavy atom. The van der Waals surface area contributed by atoms with Crippen molar-refractivity contribution in [2.24, 2.45) is 0 Å². The van der Waals surface area contributed by atoms with Crippen LogP contribution in [0.2, 0.25) is 0 Å². The summed E-state index contributed by atoms with van der Waals surface area (Å²) >= 11 is 0. The summed E-state index contributed by atoms with van der Waals surface area (Å²) in [6.07, 6.45) is 2.16. The highest BCUT2D eigenvalue weighted by Crippen LogP contribution is 2.20. The van der Waals surface area contributed by atoms with Crippen molar-refractivity contribution in [1.29, 1.82) is 0 Å². The maximum atomic E-state index is 11.0. The third kappa shape index (κ3) is 3.90. The highest BCUT2D eigenvalue weighted by molar-refractivity contribution is 7.86. The van der Waals surface area contributed by atoms with Crippen LogP contribution in [0.15, 0.2) is 18.3 Å². The van der Waals surface area contributed by atoms with Crippen molar-refractivity contribution >= 4 is 10.1 Å². The fourth-order valence-electron chi connectivity index (χ4n) is 1.36. The van der Waals surface area contributed by atoms with Gasteiger partial charge in [0.15, 0.2) is 0 Å². The topological polar surface area (TPSA) is 56.3 Å². The fraction of sp³-hybridized carbons (Fsp3) is 0.545. The molecular weight excluding hydrogens is 226 g/mol. The predicted molar refractivity (Wildman–Crippen MR) is 62.7 cm³/mol. The largest absolute Gasteiger partial charge is 0.265 e. The van der Waals surface area contributed by atoms with Crippen molar-refractivity contribution in [3.63, 3.8) is 0 Å². The first-order valence-electron chi connectivity index (χ1n) is 5.13. The van der Waals surface area contributed by atoms with E-state index in [1.54, 1.807) is 13.1 Å². The number of aromatic nitrogens is 1. The Hall–Kier alpha value is -0.940. The lowest BCUT2D eigenvalue weighted by molar-refractivity contribution is 0.231. The summed E-state index contributed by atoms with van der Waals surface area (Å²) < 4.78 is 26.8. The Kier molecular flexibility index (Phi) is 4.04. The highest BCUT2D eigenvalue weighted by Gasteiger charge is 2.14. The van der Waals surface area contributed by atoms with Crippen LogP contribution in [0.1, 0.15) is 44.1 Å². The molecule has 0 fully saturated rings. The van der Waals surface area contributed by atoms with E-state index >= 15 is 0 Å². The summed E-state index contributed by atoms with van der Waals surface area (Å²) in [4.78, 5) is 4.12. The second-order valence-electron chi connectivity index (χ2n) is 4.11. The molecule has 0 radical (unpaired) electrons. The van der Waals surface area contributed by atoms with Gasteiger partial charge in [-0.1, -0.05) is 13.8 Å². The SMILES string of the molecule is CC(C)c1ccnc(C(C)OS(C)(=O)=O)c1. The summed E-state index contributed by atoms with van der Waals surface area (Å²) in [6.45, 7) is 5.82. The minimum atomic E-state index is -3.44. The molecule has 1 atom stereocenters. The quantitative estimate of drug-likeness (QED) is 0.761. The van der Waals surface area contributed by atoms with Gasteiger partial charge in [0, 0.05) is 6.20 Å². The molecule has 1 aromatic heterocycles. The summed E-state index contributed by atoms with van der Waals surface area (Å²) in [5.74, 6) is 0.382. The van der Waals surface area contributed by atoms with E-state index in [0.29, 0.717) is 11.6 Å². The Bertz CT molecular complexity index is 454. The molecule has 1 unspecified atom stereocenters. The van der Waals surface area contributed by atoms with Crippen LogP contribution in [0.5, 0.6) is 0 Å². The maximum absolute atomic E-state index is 11.0. The summed E-state index contributed by atoms with van der Waals surface area (Å²) in [7, 11) is -3.44. The molecule has 0 aromatic carbocycles. The van der Waals surface area contributed by atoms with Gasteiger partial charge in [0.2, 0.25) is 0 Å². The Morgan fingerprint density at radius 3 is 2.44 bits per heavy atom. The molecule has 0 N–H and O–H groups in total. The summed E-state index contributed by atoms with van der Waals surface area (Å²) in [5, 5.41) is 0. The standard InChI is InChI=1S/C11H17NO3S/c1-8(2)10-5-6-12-11(7-10)9(3)15-16(4,13)14/h5-9H,1-4H3. The van der Waals surface area contributed by atoms with Crippen molar-refractivity contribution in [3.8, 4) is 0 Å². The van der Waals surface area contributed by atoms with Gasteiger partial charge in [0.05, 0.1) is 11.9 Å². The lowest BCUT2D eigenvalue weighted by Gasteiger charge is -2.12. The normalized spacial score (nSPS) is 14.1. The van der Waals surface area contributed by atoms with E-state index in [1.165, 1.54) is 0 Å². The second kappa shape index (κ2) is 4.93. The van der Waals surface area contributed by atoms with Crippen LogP contribution in [0.4, 0.5) is 0 Å². The lowest BCUT2D eigenvalue weighted by atomic mass is 10.0. The van der Waals surface area contributed by atoms with E-state index in [9.17, 15) is 8.42 Å². The molecule has 4 nitrogen and oxygen atoms in total. The average Bonchev–Trinajstić information content (AvgIpc) is 2.15. The van der Waals surface area contributed by atoms with Gasteiger partial charge >= 0.3 is 0 Å². The molecule has 0 aliphatic rings.